The molecule has 0 radical (unpaired) electrons. The van der Waals surface area contributed by atoms with Crippen molar-refractivity contribution in [1.29, 1.82) is 0 Å². The van der Waals surface area contributed by atoms with Crippen molar-refractivity contribution in [3.05, 3.63) is 17.6 Å². The van der Waals surface area contributed by atoms with E-state index in [2.05, 4.69) is 0 Å². The van der Waals surface area contributed by atoms with E-state index < -0.39 is 10.0 Å². The lowest BCUT2D eigenvalue weighted by Gasteiger charge is -2.33. The Morgan fingerprint density at radius 2 is 2.16 bits per heavy atom. The molecule has 0 spiro atoms. The predicted molar refractivity (Wildman–Crippen MR) is 70.3 cm³/mol. The van der Waals surface area contributed by atoms with Crippen molar-refractivity contribution in [2.75, 3.05) is 19.7 Å². The van der Waals surface area contributed by atoms with Gasteiger partial charge in [-0.1, -0.05) is 0 Å². The number of hydrogen-bond donors (Lipinski definition) is 1. The van der Waals surface area contributed by atoms with E-state index in [-0.39, 0.29) is 23.6 Å². The predicted octanol–water partition coefficient (Wildman–Crippen LogP) is 0.633. The standard InChI is InChI=1S/C12H20N2O4S/c1-8-6-12(10(3)18-8)19(15,16)14-4-5-17-11(7-14)9(2)13/h6,9,11H,4-5,7,13H2,1-3H3. The highest BCUT2D eigenvalue weighted by atomic mass is 32.2. The molecule has 108 valence electrons. The topological polar surface area (TPSA) is 85.8 Å². The zero-order valence-electron chi connectivity index (χ0n) is 11.4. The molecule has 0 bridgehead atoms. The van der Waals surface area contributed by atoms with Gasteiger partial charge in [-0.25, -0.2) is 8.42 Å². The van der Waals surface area contributed by atoms with Crippen molar-refractivity contribution in [3.63, 3.8) is 0 Å². The van der Waals surface area contributed by atoms with Crippen molar-refractivity contribution in [2.45, 2.75) is 37.8 Å². The highest BCUT2D eigenvalue weighted by molar-refractivity contribution is 7.89. The number of aryl methyl sites for hydroxylation is 2. The van der Waals surface area contributed by atoms with Crippen LogP contribution in [0.25, 0.3) is 0 Å². The first-order chi connectivity index (χ1) is 8.82. The van der Waals surface area contributed by atoms with Crippen LogP contribution in [0.15, 0.2) is 15.4 Å². The van der Waals surface area contributed by atoms with E-state index in [9.17, 15) is 8.42 Å². The van der Waals surface area contributed by atoms with E-state index in [1.54, 1.807) is 19.9 Å². The van der Waals surface area contributed by atoms with Crippen LogP contribution in [0.5, 0.6) is 0 Å². The van der Waals surface area contributed by atoms with E-state index in [4.69, 9.17) is 14.9 Å². The van der Waals surface area contributed by atoms with Gasteiger partial charge in [-0.05, 0) is 26.8 Å². The number of morpholine rings is 1. The third-order valence-electron chi connectivity index (χ3n) is 3.26. The SMILES string of the molecule is Cc1cc(S(=O)(=O)N2CCOC(C(C)N)C2)c(C)o1. The van der Waals surface area contributed by atoms with Crippen LogP contribution in [-0.2, 0) is 14.8 Å². The Morgan fingerprint density at radius 3 is 2.68 bits per heavy atom. The molecule has 0 aromatic carbocycles. The number of sulfonamides is 1. The molecule has 0 saturated carbocycles. The smallest absolute Gasteiger partial charge is 0.246 e. The van der Waals surface area contributed by atoms with Gasteiger partial charge in [-0.3, -0.25) is 0 Å². The Hall–Kier alpha value is -0.890. The van der Waals surface area contributed by atoms with Gasteiger partial charge in [-0.2, -0.15) is 4.31 Å². The average Bonchev–Trinajstić information content (AvgIpc) is 2.69. The van der Waals surface area contributed by atoms with Crippen molar-refractivity contribution < 1.29 is 17.6 Å². The molecule has 0 aliphatic carbocycles. The van der Waals surface area contributed by atoms with E-state index in [1.807, 2.05) is 6.92 Å². The van der Waals surface area contributed by atoms with Crippen LogP contribution in [0.1, 0.15) is 18.4 Å². The minimum Gasteiger partial charge on any atom is -0.465 e. The van der Waals surface area contributed by atoms with E-state index in [0.717, 1.165) is 0 Å². The molecule has 1 fully saturated rings. The summed E-state index contributed by atoms with van der Waals surface area (Å²) >= 11 is 0. The van der Waals surface area contributed by atoms with E-state index in [0.29, 0.717) is 24.7 Å². The van der Waals surface area contributed by atoms with Crippen molar-refractivity contribution in [2.24, 2.45) is 5.73 Å². The van der Waals surface area contributed by atoms with E-state index in [1.165, 1.54) is 4.31 Å². The van der Waals surface area contributed by atoms with Gasteiger partial charge in [0.15, 0.2) is 0 Å². The first-order valence-corrected chi connectivity index (χ1v) is 7.70. The second kappa shape index (κ2) is 5.24. The van der Waals surface area contributed by atoms with Crippen LogP contribution in [0.4, 0.5) is 0 Å². The maximum atomic E-state index is 12.6. The maximum absolute atomic E-state index is 12.6. The summed E-state index contributed by atoms with van der Waals surface area (Å²) in [5.41, 5.74) is 5.78. The van der Waals surface area contributed by atoms with Gasteiger partial charge in [0.05, 0.1) is 12.7 Å². The Balaban J connectivity index is 2.27. The van der Waals surface area contributed by atoms with Crippen LogP contribution in [0.3, 0.4) is 0 Å². The van der Waals surface area contributed by atoms with Crippen LogP contribution in [0, 0.1) is 13.8 Å². The Bertz CT molecular complexity index is 550. The molecule has 2 N–H and O–H groups in total. The summed E-state index contributed by atoms with van der Waals surface area (Å²) in [6.07, 6.45) is -0.267. The van der Waals surface area contributed by atoms with Crippen LogP contribution < -0.4 is 5.73 Å². The van der Waals surface area contributed by atoms with Crippen LogP contribution >= 0.6 is 0 Å². The molecule has 7 heteroatoms. The molecule has 2 atom stereocenters. The van der Waals surface area contributed by atoms with Gasteiger partial charge < -0.3 is 14.9 Å². The molecule has 1 aliphatic heterocycles. The maximum Gasteiger partial charge on any atom is 0.246 e. The quantitative estimate of drug-likeness (QED) is 0.882. The van der Waals surface area contributed by atoms with Crippen molar-refractivity contribution >= 4 is 10.0 Å². The fourth-order valence-electron chi connectivity index (χ4n) is 2.19. The van der Waals surface area contributed by atoms with Crippen LogP contribution in [0.2, 0.25) is 0 Å². The lowest BCUT2D eigenvalue weighted by atomic mass is 10.2. The Kier molecular flexibility index (Phi) is 4.00. The van der Waals surface area contributed by atoms with Gasteiger partial charge in [0.1, 0.15) is 16.4 Å². The zero-order chi connectivity index (χ0) is 14.2. The highest BCUT2D eigenvalue weighted by Crippen LogP contribution is 2.25. The van der Waals surface area contributed by atoms with Gasteiger partial charge in [-0.15, -0.1) is 0 Å². The molecule has 1 aromatic heterocycles. The second-order valence-electron chi connectivity index (χ2n) is 4.91. The van der Waals surface area contributed by atoms with Crippen molar-refractivity contribution in [1.82, 2.24) is 4.31 Å². The summed E-state index contributed by atoms with van der Waals surface area (Å²) < 4.78 is 37.3. The second-order valence-corrected chi connectivity index (χ2v) is 6.82. The monoisotopic (exact) mass is 288 g/mol. The molecular weight excluding hydrogens is 268 g/mol. The third-order valence-corrected chi connectivity index (χ3v) is 5.23. The molecule has 2 rings (SSSR count). The number of nitrogens with two attached hydrogens (primary N) is 1. The molecule has 0 amide bonds. The van der Waals surface area contributed by atoms with E-state index >= 15 is 0 Å². The van der Waals surface area contributed by atoms with Gasteiger partial charge in [0.25, 0.3) is 0 Å². The summed E-state index contributed by atoms with van der Waals surface area (Å²) in [7, 11) is -3.53. The number of nitrogens with zero attached hydrogens (tertiary/aromatic N) is 1. The molecule has 1 saturated heterocycles. The number of rotatable bonds is 3. The molecule has 1 aromatic rings. The number of hydrogen-bond acceptors (Lipinski definition) is 5. The van der Waals surface area contributed by atoms with Gasteiger partial charge in [0.2, 0.25) is 10.0 Å². The molecule has 1 aliphatic rings. The summed E-state index contributed by atoms with van der Waals surface area (Å²) in [4.78, 5) is 0.232. The molecular formula is C12H20N2O4S. The Morgan fingerprint density at radius 1 is 1.47 bits per heavy atom. The molecule has 2 unspecified atom stereocenters. The summed E-state index contributed by atoms with van der Waals surface area (Å²) in [6, 6.07) is 1.35. The first-order valence-electron chi connectivity index (χ1n) is 6.26. The van der Waals surface area contributed by atoms with Gasteiger partial charge >= 0.3 is 0 Å². The molecule has 2 heterocycles. The highest BCUT2D eigenvalue weighted by Gasteiger charge is 2.34. The fraction of sp³-hybridized carbons (Fsp3) is 0.667. The minimum absolute atomic E-state index is 0.204. The number of furan rings is 1. The lowest BCUT2D eigenvalue weighted by molar-refractivity contribution is -0.0120. The lowest BCUT2D eigenvalue weighted by Crippen LogP contribution is -2.51. The summed E-state index contributed by atoms with van der Waals surface area (Å²) in [6.45, 7) is 6.19. The van der Waals surface area contributed by atoms with Crippen LogP contribution in [-0.4, -0.2) is 44.6 Å². The summed E-state index contributed by atoms with van der Waals surface area (Å²) in [5.74, 6) is 1.01. The normalized spacial score (nSPS) is 23.5. The van der Waals surface area contributed by atoms with Gasteiger partial charge in [0, 0.05) is 19.1 Å². The largest absolute Gasteiger partial charge is 0.465 e. The summed E-state index contributed by atoms with van der Waals surface area (Å²) in [5, 5.41) is 0. The average molecular weight is 288 g/mol. The molecule has 19 heavy (non-hydrogen) atoms. The van der Waals surface area contributed by atoms with Crippen molar-refractivity contribution in [3.8, 4) is 0 Å². The fourth-order valence-corrected chi connectivity index (χ4v) is 3.85. The Labute approximate surface area is 113 Å². The molecule has 6 nitrogen and oxygen atoms in total. The third kappa shape index (κ3) is 2.84. The zero-order valence-corrected chi connectivity index (χ0v) is 12.2. The number of ether oxygens (including phenoxy) is 1. The first kappa shape index (κ1) is 14.5. The minimum atomic E-state index is -3.53.